The molecule has 2 N–H and O–H groups in total. The smallest absolute Gasteiger partial charge is 0.303 e. The van der Waals surface area contributed by atoms with Gasteiger partial charge in [0.15, 0.2) is 6.04 Å². The number of ether oxygens (including phenoxy) is 2. The normalized spacial score (nSPS) is 17.5. The molecule has 2 atom stereocenters. The van der Waals surface area contributed by atoms with Gasteiger partial charge in [-0.3, -0.25) is 9.59 Å². The third kappa shape index (κ3) is 4.49. The molecule has 1 heterocycles. The Morgan fingerprint density at radius 1 is 1.18 bits per heavy atom. The lowest BCUT2D eigenvalue weighted by molar-refractivity contribution is -0.126. The highest BCUT2D eigenvalue weighted by molar-refractivity contribution is 8.15. The lowest BCUT2D eigenvalue weighted by Crippen LogP contribution is -2.37. The van der Waals surface area contributed by atoms with Gasteiger partial charge in [0.1, 0.15) is 18.1 Å². The molecule has 28 heavy (non-hydrogen) atoms. The maximum absolute atomic E-state index is 11.9. The number of amides is 2. The second-order valence-electron chi connectivity index (χ2n) is 6.14. The van der Waals surface area contributed by atoms with Crippen molar-refractivity contribution in [3.63, 3.8) is 0 Å². The zero-order valence-electron chi connectivity index (χ0n) is 15.1. The first-order valence-electron chi connectivity index (χ1n) is 8.49. The standard InChI is InChI=1S/C19H19N3O5S/c1-26-15-4-2-3-13(10-15)16(21-25)11-27-14-7-5-12(6-8-14)9-17-18(23)22(20)19(24)28-17/h2-8,10,16-17H,9,11,20H2,1H3/t16-,17?/m1/s1. The number of carbonyl (C=O) groups excluding carboxylic acids is 2. The number of rotatable bonds is 8. The second-order valence-corrected chi connectivity index (χ2v) is 7.29. The van der Waals surface area contributed by atoms with Crippen molar-refractivity contribution in [1.82, 2.24) is 5.01 Å². The Hall–Kier alpha value is -2.91. The molecule has 3 rings (SSSR count). The van der Waals surface area contributed by atoms with E-state index < -0.39 is 22.4 Å². The minimum Gasteiger partial charge on any atom is -0.497 e. The van der Waals surface area contributed by atoms with Crippen molar-refractivity contribution in [3.05, 3.63) is 64.6 Å². The summed E-state index contributed by atoms with van der Waals surface area (Å²) in [4.78, 5) is 34.5. The minimum absolute atomic E-state index is 0.0869. The number of benzene rings is 2. The van der Waals surface area contributed by atoms with Crippen LogP contribution in [0.4, 0.5) is 4.79 Å². The van der Waals surface area contributed by atoms with Gasteiger partial charge < -0.3 is 9.47 Å². The van der Waals surface area contributed by atoms with Crippen molar-refractivity contribution in [3.8, 4) is 11.5 Å². The summed E-state index contributed by atoms with van der Waals surface area (Å²) in [5.41, 5.74) is 1.58. The van der Waals surface area contributed by atoms with Gasteiger partial charge in [0.2, 0.25) is 0 Å². The molecule has 0 spiro atoms. The van der Waals surface area contributed by atoms with E-state index in [-0.39, 0.29) is 6.61 Å². The topological polar surface area (TPSA) is 111 Å². The van der Waals surface area contributed by atoms with Gasteiger partial charge in [-0.05, 0) is 53.6 Å². The van der Waals surface area contributed by atoms with Gasteiger partial charge in [0.25, 0.3) is 5.91 Å². The number of methoxy groups -OCH3 is 1. The van der Waals surface area contributed by atoms with Crippen LogP contribution in [0.1, 0.15) is 17.2 Å². The first-order valence-corrected chi connectivity index (χ1v) is 9.37. The number of carbonyl (C=O) groups is 2. The number of thioether (sulfide) groups is 1. The molecule has 2 aromatic rings. The van der Waals surface area contributed by atoms with Crippen molar-refractivity contribution < 1.29 is 19.1 Å². The Bertz CT molecular complexity index is 874. The number of nitrogens with zero attached hydrogens (tertiary/aromatic N) is 2. The predicted octanol–water partition coefficient (Wildman–Crippen LogP) is 3.06. The highest BCUT2D eigenvalue weighted by Crippen LogP contribution is 2.28. The number of hydrogen-bond acceptors (Lipinski definition) is 8. The maximum Gasteiger partial charge on any atom is 0.303 e. The molecule has 0 saturated carbocycles. The van der Waals surface area contributed by atoms with Gasteiger partial charge in [-0.15, -0.1) is 0 Å². The molecule has 2 aromatic carbocycles. The first kappa shape index (κ1) is 19.8. The lowest BCUT2D eigenvalue weighted by atomic mass is 10.1. The predicted molar refractivity (Wildman–Crippen MR) is 105 cm³/mol. The molecule has 1 aliphatic heterocycles. The molecule has 0 aromatic heterocycles. The molecule has 1 saturated heterocycles. The van der Waals surface area contributed by atoms with Gasteiger partial charge in [-0.2, -0.15) is 4.91 Å². The van der Waals surface area contributed by atoms with Crippen LogP contribution in [-0.4, -0.2) is 35.1 Å². The van der Waals surface area contributed by atoms with E-state index in [1.165, 1.54) is 0 Å². The monoisotopic (exact) mass is 401 g/mol. The number of hydrogen-bond donors (Lipinski definition) is 1. The van der Waals surface area contributed by atoms with Gasteiger partial charge in [-0.25, -0.2) is 10.9 Å². The van der Waals surface area contributed by atoms with Crippen LogP contribution in [0.5, 0.6) is 11.5 Å². The quantitative estimate of drug-likeness (QED) is 0.411. The average Bonchev–Trinajstić information content (AvgIpc) is 2.96. The molecule has 146 valence electrons. The van der Waals surface area contributed by atoms with E-state index in [2.05, 4.69) is 5.18 Å². The van der Waals surface area contributed by atoms with E-state index >= 15 is 0 Å². The highest BCUT2D eigenvalue weighted by Gasteiger charge is 2.37. The summed E-state index contributed by atoms with van der Waals surface area (Å²) >= 11 is 0.922. The van der Waals surface area contributed by atoms with Gasteiger partial charge in [-0.1, -0.05) is 29.4 Å². The van der Waals surface area contributed by atoms with E-state index in [4.69, 9.17) is 15.3 Å². The SMILES string of the molecule is COc1cccc([C@@H](COc2ccc(CC3SC(=O)N(N)C3=O)cc2)N=O)c1. The van der Waals surface area contributed by atoms with Crippen LogP contribution >= 0.6 is 11.8 Å². The summed E-state index contributed by atoms with van der Waals surface area (Å²) < 4.78 is 10.8. The van der Waals surface area contributed by atoms with Crippen molar-refractivity contribution >= 4 is 22.9 Å². The summed E-state index contributed by atoms with van der Waals surface area (Å²) in [6, 6.07) is 13.6. The van der Waals surface area contributed by atoms with Crippen molar-refractivity contribution in [1.29, 1.82) is 0 Å². The Kier molecular flexibility index (Phi) is 6.27. The number of nitrogens with two attached hydrogens (primary N) is 1. The Balaban J connectivity index is 1.58. The van der Waals surface area contributed by atoms with E-state index in [0.717, 1.165) is 17.3 Å². The Morgan fingerprint density at radius 3 is 2.54 bits per heavy atom. The van der Waals surface area contributed by atoms with E-state index in [0.29, 0.717) is 28.5 Å². The van der Waals surface area contributed by atoms with Crippen molar-refractivity contribution in [2.24, 2.45) is 11.0 Å². The van der Waals surface area contributed by atoms with Crippen LogP contribution in [-0.2, 0) is 11.2 Å². The number of nitroso groups, excluding NO2 is 1. The van der Waals surface area contributed by atoms with Crippen molar-refractivity contribution in [2.75, 3.05) is 13.7 Å². The summed E-state index contributed by atoms with van der Waals surface area (Å²) in [5, 5.41) is 2.83. The van der Waals surface area contributed by atoms with Gasteiger partial charge in [0.05, 0.1) is 12.4 Å². The van der Waals surface area contributed by atoms with Crippen LogP contribution in [0.2, 0.25) is 0 Å². The molecule has 0 radical (unpaired) electrons. The zero-order chi connectivity index (χ0) is 20.1. The molecule has 0 aliphatic carbocycles. The van der Waals surface area contributed by atoms with Gasteiger partial charge >= 0.3 is 5.24 Å². The number of imide groups is 1. The van der Waals surface area contributed by atoms with Crippen LogP contribution in [0, 0.1) is 4.91 Å². The fraction of sp³-hybridized carbons (Fsp3) is 0.263. The summed E-state index contributed by atoms with van der Waals surface area (Å²) in [5.74, 6) is 6.21. The summed E-state index contributed by atoms with van der Waals surface area (Å²) in [6.45, 7) is 0.0869. The van der Waals surface area contributed by atoms with Crippen LogP contribution < -0.4 is 15.3 Å². The molecule has 2 amide bonds. The summed E-state index contributed by atoms with van der Waals surface area (Å²) in [6.07, 6.45) is 0.394. The summed E-state index contributed by atoms with van der Waals surface area (Å²) in [7, 11) is 1.55. The molecule has 8 nitrogen and oxygen atoms in total. The minimum atomic E-state index is -0.663. The maximum atomic E-state index is 11.9. The molecule has 0 bridgehead atoms. The molecule has 9 heteroatoms. The van der Waals surface area contributed by atoms with Crippen LogP contribution in [0.25, 0.3) is 0 Å². The van der Waals surface area contributed by atoms with Gasteiger partial charge in [0, 0.05) is 0 Å². The Morgan fingerprint density at radius 2 is 1.93 bits per heavy atom. The fourth-order valence-electron chi connectivity index (χ4n) is 2.75. The second kappa shape index (κ2) is 8.85. The fourth-order valence-corrected chi connectivity index (χ4v) is 3.69. The van der Waals surface area contributed by atoms with E-state index in [1.807, 2.05) is 12.1 Å². The van der Waals surface area contributed by atoms with Crippen LogP contribution in [0.3, 0.4) is 0 Å². The zero-order valence-corrected chi connectivity index (χ0v) is 15.9. The number of hydrazine groups is 1. The molecular formula is C19H19N3O5S. The van der Waals surface area contributed by atoms with Crippen LogP contribution in [0.15, 0.2) is 53.7 Å². The average molecular weight is 401 g/mol. The molecule has 1 unspecified atom stereocenters. The van der Waals surface area contributed by atoms with Crippen molar-refractivity contribution in [2.45, 2.75) is 17.7 Å². The third-order valence-corrected chi connectivity index (χ3v) is 5.36. The molecule has 1 fully saturated rings. The molecular weight excluding hydrogens is 382 g/mol. The van der Waals surface area contributed by atoms with E-state index in [9.17, 15) is 14.5 Å². The Labute approximate surface area is 165 Å². The highest BCUT2D eigenvalue weighted by atomic mass is 32.2. The third-order valence-electron chi connectivity index (χ3n) is 4.31. The van der Waals surface area contributed by atoms with E-state index in [1.54, 1.807) is 43.5 Å². The largest absolute Gasteiger partial charge is 0.497 e. The first-order chi connectivity index (χ1) is 13.5. The molecule has 1 aliphatic rings. The lowest BCUT2D eigenvalue weighted by Gasteiger charge is -2.13.